The molecule has 0 spiro atoms. The van der Waals surface area contributed by atoms with E-state index in [1.54, 1.807) is 12.1 Å². The standard InChI is InChI=1S/C17H25N3O3S.ClH/c18-17(10-2-1-3-11-17)16(21)20-14-6-8-15(9-7-14)24(22,23)19-12-13-4-5-13;/h6-9,13,19H,1-5,10-12,18H2,(H,20,21);1H. The molecule has 0 unspecified atom stereocenters. The van der Waals surface area contributed by atoms with Gasteiger partial charge >= 0.3 is 0 Å². The van der Waals surface area contributed by atoms with Crippen LogP contribution in [-0.4, -0.2) is 26.4 Å². The molecule has 0 bridgehead atoms. The van der Waals surface area contributed by atoms with Gasteiger partial charge in [0.15, 0.2) is 0 Å². The Bertz CT molecular complexity index is 696. The minimum Gasteiger partial charge on any atom is -0.324 e. The quantitative estimate of drug-likeness (QED) is 0.697. The van der Waals surface area contributed by atoms with Crippen molar-refractivity contribution in [1.82, 2.24) is 4.72 Å². The molecule has 0 atom stereocenters. The number of hydrogen-bond donors (Lipinski definition) is 3. The van der Waals surface area contributed by atoms with Crippen LogP contribution in [0.5, 0.6) is 0 Å². The number of nitrogens with two attached hydrogens (primary N) is 1. The molecule has 2 aliphatic carbocycles. The smallest absolute Gasteiger partial charge is 0.244 e. The second-order valence-electron chi connectivity index (χ2n) is 6.99. The molecule has 8 heteroatoms. The summed E-state index contributed by atoms with van der Waals surface area (Å²) in [7, 11) is -3.48. The highest BCUT2D eigenvalue weighted by molar-refractivity contribution is 7.89. The average Bonchev–Trinajstić information content (AvgIpc) is 3.39. The third-order valence-corrected chi connectivity index (χ3v) is 6.32. The summed E-state index contributed by atoms with van der Waals surface area (Å²) in [6, 6.07) is 6.23. The van der Waals surface area contributed by atoms with Gasteiger partial charge in [0, 0.05) is 12.2 Å². The van der Waals surface area contributed by atoms with Crippen LogP contribution in [0.1, 0.15) is 44.9 Å². The van der Waals surface area contributed by atoms with Crippen molar-refractivity contribution in [1.29, 1.82) is 0 Å². The Balaban J connectivity index is 0.00000225. The van der Waals surface area contributed by atoms with Gasteiger partial charge in [-0.1, -0.05) is 19.3 Å². The number of benzene rings is 1. The fraction of sp³-hybridized carbons (Fsp3) is 0.588. The molecule has 0 aromatic heterocycles. The van der Waals surface area contributed by atoms with Gasteiger partial charge in [0.05, 0.1) is 10.4 Å². The second kappa shape index (κ2) is 8.03. The molecule has 0 saturated heterocycles. The topological polar surface area (TPSA) is 101 Å². The van der Waals surface area contributed by atoms with Crippen LogP contribution in [-0.2, 0) is 14.8 Å². The number of anilines is 1. The fourth-order valence-electron chi connectivity index (χ4n) is 3.02. The van der Waals surface area contributed by atoms with Crippen molar-refractivity contribution in [3.8, 4) is 0 Å². The Labute approximate surface area is 155 Å². The second-order valence-corrected chi connectivity index (χ2v) is 8.76. The van der Waals surface area contributed by atoms with Gasteiger partial charge in [-0.2, -0.15) is 0 Å². The first-order valence-electron chi connectivity index (χ1n) is 8.59. The van der Waals surface area contributed by atoms with Gasteiger partial charge in [-0.3, -0.25) is 4.79 Å². The number of carbonyl (C=O) groups is 1. The van der Waals surface area contributed by atoms with Gasteiger partial charge < -0.3 is 11.1 Å². The van der Waals surface area contributed by atoms with Crippen LogP contribution in [0.3, 0.4) is 0 Å². The maximum Gasteiger partial charge on any atom is 0.244 e. The molecular formula is C17H26ClN3O3S. The van der Waals surface area contributed by atoms with E-state index in [1.807, 2.05) is 0 Å². The predicted molar refractivity (Wildman–Crippen MR) is 100 cm³/mol. The lowest BCUT2D eigenvalue weighted by Crippen LogP contribution is -2.52. The number of hydrogen-bond acceptors (Lipinski definition) is 4. The zero-order valence-corrected chi connectivity index (χ0v) is 15.8. The summed E-state index contributed by atoms with van der Waals surface area (Å²) < 4.78 is 27.0. The molecule has 2 fully saturated rings. The summed E-state index contributed by atoms with van der Waals surface area (Å²) >= 11 is 0. The lowest BCUT2D eigenvalue weighted by molar-refractivity contribution is -0.122. The van der Waals surface area contributed by atoms with E-state index in [-0.39, 0.29) is 23.2 Å². The van der Waals surface area contributed by atoms with Crippen molar-refractivity contribution in [2.75, 3.05) is 11.9 Å². The Morgan fingerprint density at radius 2 is 1.72 bits per heavy atom. The zero-order chi connectivity index (χ0) is 17.2. The monoisotopic (exact) mass is 387 g/mol. The van der Waals surface area contributed by atoms with Crippen molar-refractivity contribution in [3.63, 3.8) is 0 Å². The summed E-state index contributed by atoms with van der Waals surface area (Å²) in [6.07, 6.45) is 6.61. The van der Waals surface area contributed by atoms with Crippen molar-refractivity contribution in [2.45, 2.75) is 55.4 Å². The van der Waals surface area contributed by atoms with Gasteiger partial charge in [0.25, 0.3) is 0 Å². The highest BCUT2D eigenvalue weighted by Gasteiger charge is 2.35. The van der Waals surface area contributed by atoms with E-state index in [4.69, 9.17) is 5.73 Å². The van der Waals surface area contributed by atoms with Crippen LogP contribution in [0.2, 0.25) is 0 Å². The molecule has 1 aromatic rings. The summed E-state index contributed by atoms with van der Waals surface area (Å²) in [5.41, 5.74) is 5.96. The molecule has 0 radical (unpaired) electrons. The van der Waals surface area contributed by atoms with Gasteiger partial charge in [-0.25, -0.2) is 13.1 Å². The highest BCUT2D eigenvalue weighted by Crippen LogP contribution is 2.29. The van der Waals surface area contributed by atoms with Gasteiger partial charge in [0.1, 0.15) is 0 Å². The summed E-state index contributed by atoms with van der Waals surface area (Å²) in [6.45, 7) is 0.497. The molecule has 3 rings (SSSR count). The molecule has 1 aromatic carbocycles. The van der Waals surface area contributed by atoms with Gasteiger partial charge in [-0.15, -0.1) is 12.4 Å². The van der Waals surface area contributed by atoms with Crippen LogP contribution in [0, 0.1) is 5.92 Å². The summed E-state index contributed by atoms with van der Waals surface area (Å²) in [4.78, 5) is 12.6. The van der Waals surface area contributed by atoms with Gasteiger partial charge in [-0.05, 0) is 55.9 Å². The SMILES string of the molecule is Cl.NC1(C(=O)Nc2ccc(S(=O)(=O)NCC3CC3)cc2)CCCCC1. The first kappa shape index (κ1) is 20.2. The van der Waals surface area contributed by atoms with E-state index < -0.39 is 15.6 Å². The van der Waals surface area contributed by atoms with Crippen molar-refractivity contribution >= 4 is 34.0 Å². The maximum atomic E-state index is 12.4. The molecule has 1 amide bonds. The maximum absolute atomic E-state index is 12.4. The predicted octanol–water partition coefficient (Wildman–Crippen LogP) is 2.40. The molecule has 25 heavy (non-hydrogen) atoms. The third-order valence-electron chi connectivity index (χ3n) is 4.88. The molecule has 2 aliphatic rings. The fourth-order valence-corrected chi connectivity index (χ4v) is 4.13. The lowest BCUT2D eigenvalue weighted by Gasteiger charge is -2.31. The summed E-state index contributed by atoms with van der Waals surface area (Å²) in [5.74, 6) is 0.291. The van der Waals surface area contributed by atoms with Crippen LogP contribution in [0.25, 0.3) is 0 Å². The number of amides is 1. The first-order chi connectivity index (χ1) is 11.4. The molecule has 4 N–H and O–H groups in total. The third kappa shape index (κ3) is 5.17. The van der Waals surface area contributed by atoms with Crippen molar-refractivity contribution < 1.29 is 13.2 Å². The molecule has 0 heterocycles. The largest absolute Gasteiger partial charge is 0.324 e. The van der Waals surface area contributed by atoms with E-state index in [2.05, 4.69) is 10.0 Å². The molecule has 2 saturated carbocycles. The minimum atomic E-state index is -3.48. The zero-order valence-electron chi connectivity index (χ0n) is 14.2. The van der Waals surface area contributed by atoms with Crippen molar-refractivity contribution in [2.24, 2.45) is 11.7 Å². The number of nitrogens with one attached hydrogen (secondary N) is 2. The average molecular weight is 388 g/mol. The molecule has 6 nitrogen and oxygen atoms in total. The van der Waals surface area contributed by atoms with Crippen LogP contribution >= 0.6 is 12.4 Å². The van der Waals surface area contributed by atoms with Crippen LogP contribution in [0.4, 0.5) is 5.69 Å². The Kier molecular flexibility index (Phi) is 6.48. The van der Waals surface area contributed by atoms with E-state index in [0.717, 1.165) is 32.1 Å². The van der Waals surface area contributed by atoms with E-state index in [0.29, 0.717) is 31.0 Å². The van der Waals surface area contributed by atoms with E-state index >= 15 is 0 Å². The van der Waals surface area contributed by atoms with Crippen LogP contribution in [0.15, 0.2) is 29.2 Å². The normalized spacial score (nSPS) is 19.7. The minimum absolute atomic E-state index is 0. The van der Waals surface area contributed by atoms with Crippen molar-refractivity contribution in [3.05, 3.63) is 24.3 Å². The van der Waals surface area contributed by atoms with Gasteiger partial charge in [0.2, 0.25) is 15.9 Å². The number of sulfonamides is 1. The molecule has 140 valence electrons. The number of rotatable bonds is 6. The molecular weight excluding hydrogens is 362 g/mol. The van der Waals surface area contributed by atoms with E-state index in [9.17, 15) is 13.2 Å². The van der Waals surface area contributed by atoms with E-state index in [1.165, 1.54) is 12.1 Å². The number of halogens is 1. The Morgan fingerprint density at radius 1 is 1.12 bits per heavy atom. The molecule has 0 aliphatic heterocycles. The summed E-state index contributed by atoms with van der Waals surface area (Å²) in [5, 5.41) is 2.81. The lowest BCUT2D eigenvalue weighted by atomic mass is 9.82. The Hall–Kier alpha value is -1.15. The van der Waals surface area contributed by atoms with Crippen LogP contribution < -0.4 is 15.8 Å². The number of carbonyl (C=O) groups excluding carboxylic acids is 1. The first-order valence-corrected chi connectivity index (χ1v) is 10.1. The Morgan fingerprint density at radius 3 is 2.28 bits per heavy atom. The highest BCUT2D eigenvalue weighted by atomic mass is 35.5.